The van der Waals surface area contributed by atoms with Gasteiger partial charge in [0.1, 0.15) is 5.15 Å². The van der Waals surface area contributed by atoms with E-state index in [9.17, 15) is 5.11 Å². The number of nitrogens with one attached hydrogen (secondary N) is 1. The lowest BCUT2D eigenvalue weighted by atomic mass is 10.0. The first-order valence-electron chi connectivity index (χ1n) is 6.78. The predicted octanol–water partition coefficient (Wildman–Crippen LogP) is 3.04. The standard InChI is InChI=1S/C16H17ClN2O/c1-10(11-6-7-18-15(17)9-11)19-16-13-5-3-2-4-12(13)8-14(16)20/h2-7,9-10,14,16,19-20H,8H2,1H3. The summed E-state index contributed by atoms with van der Waals surface area (Å²) in [5, 5.41) is 14.2. The number of hydrogen-bond acceptors (Lipinski definition) is 3. The van der Waals surface area contributed by atoms with Crippen molar-refractivity contribution in [2.45, 2.75) is 31.5 Å². The largest absolute Gasteiger partial charge is 0.391 e. The zero-order chi connectivity index (χ0) is 14.1. The summed E-state index contributed by atoms with van der Waals surface area (Å²) in [5.74, 6) is 0. The van der Waals surface area contributed by atoms with Gasteiger partial charge in [-0.25, -0.2) is 4.98 Å². The van der Waals surface area contributed by atoms with Gasteiger partial charge in [-0.05, 0) is 35.7 Å². The molecule has 1 aliphatic rings. The molecule has 3 nitrogen and oxygen atoms in total. The van der Waals surface area contributed by atoms with E-state index in [0.717, 1.165) is 5.56 Å². The second-order valence-electron chi connectivity index (χ2n) is 5.25. The highest BCUT2D eigenvalue weighted by molar-refractivity contribution is 6.29. The summed E-state index contributed by atoms with van der Waals surface area (Å²) in [6.07, 6.45) is 2.03. The normalized spacial score (nSPS) is 22.6. The van der Waals surface area contributed by atoms with Gasteiger partial charge < -0.3 is 10.4 Å². The molecule has 1 aromatic heterocycles. The molecule has 20 heavy (non-hydrogen) atoms. The SMILES string of the molecule is CC(NC1c2ccccc2CC1O)c1ccnc(Cl)c1. The van der Waals surface area contributed by atoms with Gasteiger partial charge in [-0.2, -0.15) is 0 Å². The highest BCUT2D eigenvalue weighted by Crippen LogP contribution is 2.33. The summed E-state index contributed by atoms with van der Waals surface area (Å²) in [7, 11) is 0. The van der Waals surface area contributed by atoms with Crippen LogP contribution in [0.4, 0.5) is 0 Å². The smallest absolute Gasteiger partial charge is 0.129 e. The minimum Gasteiger partial charge on any atom is -0.391 e. The maximum atomic E-state index is 10.3. The average molecular weight is 289 g/mol. The Hall–Kier alpha value is -1.42. The predicted molar refractivity (Wildman–Crippen MR) is 79.7 cm³/mol. The van der Waals surface area contributed by atoms with Crippen LogP contribution in [0.2, 0.25) is 5.15 Å². The van der Waals surface area contributed by atoms with Gasteiger partial charge in [0.15, 0.2) is 0 Å². The number of hydrogen-bond donors (Lipinski definition) is 2. The molecule has 0 spiro atoms. The average Bonchev–Trinajstić information content (AvgIpc) is 2.75. The molecule has 3 atom stereocenters. The van der Waals surface area contributed by atoms with Crippen molar-refractivity contribution >= 4 is 11.6 Å². The minimum absolute atomic E-state index is 0.0341. The van der Waals surface area contributed by atoms with Gasteiger partial charge in [-0.15, -0.1) is 0 Å². The summed E-state index contributed by atoms with van der Waals surface area (Å²) in [6.45, 7) is 2.07. The third-order valence-electron chi connectivity index (χ3n) is 3.88. The highest BCUT2D eigenvalue weighted by atomic mass is 35.5. The second kappa shape index (κ2) is 5.52. The van der Waals surface area contributed by atoms with Crippen LogP contribution in [-0.2, 0) is 6.42 Å². The van der Waals surface area contributed by atoms with E-state index >= 15 is 0 Å². The molecule has 2 aromatic rings. The molecule has 0 saturated heterocycles. The van der Waals surface area contributed by atoms with E-state index in [-0.39, 0.29) is 18.2 Å². The summed E-state index contributed by atoms with van der Waals surface area (Å²) in [4.78, 5) is 3.99. The first-order chi connectivity index (χ1) is 9.65. The number of pyridine rings is 1. The molecule has 0 aliphatic heterocycles. The molecular formula is C16H17ClN2O. The molecule has 1 aromatic carbocycles. The van der Waals surface area contributed by atoms with Crippen molar-refractivity contribution in [3.05, 3.63) is 64.4 Å². The molecule has 1 aliphatic carbocycles. The number of aliphatic hydroxyl groups is 1. The van der Waals surface area contributed by atoms with Crippen LogP contribution in [0, 0.1) is 0 Å². The molecular weight excluding hydrogens is 272 g/mol. The van der Waals surface area contributed by atoms with Crippen molar-refractivity contribution in [1.29, 1.82) is 0 Å². The number of aliphatic hydroxyl groups excluding tert-OH is 1. The Morgan fingerprint density at radius 3 is 2.95 bits per heavy atom. The summed E-state index contributed by atoms with van der Waals surface area (Å²) in [6, 6.07) is 12.0. The van der Waals surface area contributed by atoms with Crippen LogP contribution in [-0.4, -0.2) is 16.2 Å². The van der Waals surface area contributed by atoms with E-state index < -0.39 is 0 Å². The van der Waals surface area contributed by atoms with Crippen LogP contribution in [0.25, 0.3) is 0 Å². The second-order valence-corrected chi connectivity index (χ2v) is 5.64. The molecule has 104 valence electrons. The van der Waals surface area contributed by atoms with Gasteiger partial charge in [0.25, 0.3) is 0 Å². The zero-order valence-corrected chi connectivity index (χ0v) is 12.0. The molecule has 0 radical (unpaired) electrons. The van der Waals surface area contributed by atoms with Crippen LogP contribution in [0.1, 0.15) is 35.7 Å². The summed E-state index contributed by atoms with van der Waals surface area (Å²) < 4.78 is 0. The van der Waals surface area contributed by atoms with Crippen LogP contribution in [0.3, 0.4) is 0 Å². The summed E-state index contributed by atoms with van der Waals surface area (Å²) >= 11 is 5.93. The molecule has 0 amide bonds. The number of rotatable bonds is 3. The van der Waals surface area contributed by atoms with Crippen molar-refractivity contribution in [2.24, 2.45) is 0 Å². The molecule has 0 bridgehead atoms. The van der Waals surface area contributed by atoms with E-state index in [1.165, 1.54) is 11.1 Å². The molecule has 4 heteroatoms. The van der Waals surface area contributed by atoms with Crippen LogP contribution >= 0.6 is 11.6 Å². The Kier molecular flexibility index (Phi) is 3.74. The van der Waals surface area contributed by atoms with E-state index in [0.29, 0.717) is 11.6 Å². The van der Waals surface area contributed by atoms with Gasteiger partial charge in [0.05, 0.1) is 12.1 Å². The van der Waals surface area contributed by atoms with Crippen LogP contribution < -0.4 is 5.32 Å². The maximum absolute atomic E-state index is 10.3. The van der Waals surface area contributed by atoms with Crippen molar-refractivity contribution in [3.8, 4) is 0 Å². The van der Waals surface area contributed by atoms with E-state index in [1.54, 1.807) is 6.20 Å². The van der Waals surface area contributed by atoms with E-state index in [4.69, 9.17) is 11.6 Å². The van der Waals surface area contributed by atoms with Gasteiger partial charge in [-0.1, -0.05) is 35.9 Å². The fourth-order valence-electron chi connectivity index (χ4n) is 2.83. The van der Waals surface area contributed by atoms with E-state index in [2.05, 4.69) is 29.4 Å². The minimum atomic E-state index is -0.382. The fraction of sp³-hybridized carbons (Fsp3) is 0.312. The number of nitrogens with zero attached hydrogens (tertiary/aromatic N) is 1. The summed E-state index contributed by atoms with van der Waals surface area (Å²) in [5.41, 5.74) is 3.48. The Bertz CT molecular complexity index is 617. The van der Waals surface area contributed by atoms with Crippen LogP contribution in [0.5, 0.6) is 0 Å². The molecule has 0 fully saturated rings. The van der Waals surface area contributed by atoms with Gasteiger partial charge in [0.2, 0.25) is 0 Å². The number of benzene rings is 1. The molecule has 2 N–H and O–H groups in total. The molecule has 3 unspecified atom stereocenters. The van der Waals surface area contributed by atoms with Crippen LogP contribution in [0.15, 0.2) is 42.6 Å². The lowest BCUT2D eigenvalue weighted by Crippen LogP contribution is -2.31. The molecule has 1 heterocycles. The van der Waals surface area contributed by atoms with Crippen molar-refractivity contribution < 1.29 is 5.11 Å². The van der Waals surface area contributed by atoms with Crippen molar-refractivity contribution in [3.63, 3.8) is 0 Å². The van der Waals surface area contributed by atoms with Crippen molar-refractivity contribution in [1.82, 2.24) is 10.3 Å². The first-order valence-corrected chi connectivity index (χ1v) is 7.16. The third-order valence-corrected chi connectivity index (χ3v) is 4.09. The lowest BCUT2D eigenvalue weighted by molar-refractivity contribution is 0.136. The zero-order valence-electron chi connectivity index (χ0n) is 11.3. The van der Waals surface area contributed by atoms with Gasteiger partial charge >= 0.3 is 0 Å². The number of aromatic nitrogens is 1. The Labute approximate surface area is 123 Å². The topological polar surface area (TPSA) is 45.1 Å². The Balaban J connectivity index is 1.81. The lowest BCUT2D eigenvalue weighted by Gasteiger charge is -2.23. The number of fused-ring (bicyclic) bond motifs is 1. The number of halogens is 1. The highest BCUT2D eigenvalue weighted by Gasteiger charge is 2.31. The Morgan fingerprint density at radius 2 is 2.15 bits per heavy atom. The quantitative estimate of drug-likeness (QED) is 0.853. The first kappa shape index (κ1) is 13.6. The monoisotopic (exact) mass is 288 g/mol. The third kappa shape index (κ3) is 2.57. The van der Waals surface area contributed by atoms with Gasteiger partial charge in [-0.3, -0.25) is 0 Å². The molecule has 3 rings (SSSR count). The van der Waals surface area contributed by atoms with Crippen molar-refractivity contribution in [2.75, 3.05) is 0 Å². The Morgan fingerprint density at radius 1 is 1.35 bits per heavy atom. The van der Waals surface area contributed by atoms with E-state index in [1.807, 2.05) is 24.3 Å². The maximum Gasteiger partial charge on any atom is 0.129 e. The fourth-order valence-corrected chi connectivity index (χ4v) is 3.01. The molecule has 0 saturated carbocycles. The van der Waals surface area contributed by atoms with Gasteiger partial charge in [0, 0.05) is 18.7 Å².